The van der Waals surface area contributed by atoms with Crippen LogP contribution in [0.5, 0.6) is 11.5 Å². The lowest BCUT2D eigenvalue weighted by molar-refractivity contribution is -0.384. The van der Waals surface area contributed by atoms with E-state index >= 15 is 0 Å². The average Bonchev–Trinajstić information content (AvgIpc) is 3.42. The van der Waals surface area contributed by atoms with E-state index in [1.165, 1.54) is 23.3 Å². The van der Waals surface area contributed by atoms with Crippen molar-refractivity contribution in [2.45, 2.75) is 32.4 Å². The van der Waals surface area contributed by atoms with Crippen LogP contribution in [0.15, 0.2) is 65.1 Å². The minimum Gasteiger partial charge on any atom is -0.503 e. The first kappa shape index (κ1) is 25.7. The van der Waals surface area contributed by atoms with E-state index in [0.717, 1.165) is 16.9 Å². The summed E-state index contributed by atoms with van der Waals surface area (Å²) in [5.41, 5.74) is 2.16. The largest absolute Gasteiger partial charge is 0.503 e. The van der Waals surface area contributed by atoms with Crippen molar-refractivity contribution >= 4 is 44.8 Å². The Morgan fingerprint density at radius 3 is 2.45 bits per heavy atom. The first-order valence-corrected chi connectivity index (χ1v) is 12.9. The van der Waals surface area contributed by atoms with Gasteiger partial charge in [0.25, 0.3) is 11.6 Å². The number of nitrogens with zero attached hydrogens (tertiary/aromatic N) is 3. The van der Waals surface area contributed by atoms with E-state index in [1.807, 2.05) is 19.1 Å². The Bertz CT molecular complexity index is 1430. The van der Waals surface area contributed by atoms with Gasteiger partial charge in [-0.05, 0) is 70.7 Å². The van der Waals surface area contributed by atoms with Gasteiger partial charge in [-0.2, -0.15) is 0 Å². The summed E-state index contributed by atoms with van der Waals surface area (Å²) in [4.78, 5) is 45.5. The maximum Gasteiger partial charge on any atom is 0.271 e. The summed E-state index contributed by atoms with van der Waals surface area (Å²) >= 11 is 3.34. The molecule has 3 atom stereocenters. The zero-order valence-electron chi connectivity index (χ0n) is 20.5. The number of anilines is 2. The molecule has 0 bridgehead atoms. The molecule has 11 heteroatoms. The molecule has 10 nitrogen and oxygen atoms in total. The Balaban J connectivity index is 1.62. The fourth-order valence-electron chi connectivity index (χ4n) is 4.89. The fraction of sp³-hybridized carbons (Fsp3) is 0.259. The van der Waals surface area contributed by atoms with E-state index in [9.17, 15) is 24.8 Å². The normalized spacial score (nSPS) is 20.7. The summed E-state index contributed by atoms with van der Waals surface area (Å²) in [5, 5.41) is 23.3. The number of hydrogen-bond donors (Lipinski definition) is 1. The quantitative estimate of drug-likeness (QED) is 0.233. The van der Waals surface area contributed by atoms with Crippen molar-refractivity contribution in [3.05, 3.63) is 86.4 Å². The van der Waals surface area contributed by atoms with Gasteiger partial charge in [0.05, 0.1) is 33.4 Å². The molecule has 0 aromatic heterocycles. The number of rotatable bonds is 7. The van der Waals surface area contributed by atoms with Crippen molar-refractivity contribution < 1.29 is 29.2 Å². The summed E-state index contributed by atoms with van der Waals surface area (Å²) in [7, 11) is 0. The van der Waals surface area contributed by atoms with Crippen molar-refractivity contribution in [1.82, 2.24) is 0 Å². The smallest absolute Gasteiger partial charge is 0.271 e. The Morgan fingerprint density at radius 2 is 1.79 bits per heavy atom. The van der Waals surface area contributed by atoms with Gasteiger partial charge in [-0.15, -0.1) is 0 Å². The van der Waals surface area contributed by atoms with E-state index in [4.69, 9.17) is 9.57 Å². The highest BCUT2D eigenvalue weighted by Gasteiger charge is 2.60. The zero-order valence-corrected chi connectivity index (χ0v) is 22.1. The van der Waals surface area contributed by atoms with Gasteiger partial charge < -0.3 is 9.84 Å². The lowest BCUT2D eigenvalue weighted by Gasteiger charge is -2.29. The predicted molar refractivity (Wildman–Crippen MR) is 142 cm³/mol. The molecule has 0 spiro atoms. The molecule has 2 saturated heterocycles. The SMILES string of the molecule is CCOc1cc([C@H]2[C@@H]3C(=O)N(c4ccc(CC)cc4)C(=O)[C@H]3ON2c2cccc([N+](=O)[O-])c2)cc(Br)c1O. The lowest BCUT2D eigenvalue weighted by Crippen LogP contribution is -2.37. The van der Waals surface area contributed by atoms with Crippen LogP contribution in [-0.4, -0.2) is 34.6 Å². The van der Waals surface area contributed by atoms with Crippen LogP contribution < -0.4 is 14.7 Å². The molecule has 2 heterocycles. The maximum atomic E-state index is 13.8. The maximum absolute atomic E-state index is 13.8. The van der Waals surface area contributed by atoms with Crippen LogP contribution in [0.2, 0.25) is 0 Å². The number of aryl methyl sites for hydroxylation is 1. The van der Waals surface area contributed by atoms with Crippen molar-refractivity contribution in [3.63, 3.8) is 0 Å². The fourth-order valence-corrected chi connectivity index (χ4v) is 5.35. The molecule has 0 unspecified atom stereocenters. The van der Waals surface area contributed by atoms with Crippen molar-refractivity contribution in [1.29, 1.82) is 0 Å². The summed E-state index contributed by atoms with van der Waals surface area (Å²) < 4.78 is 5.91. The lowest BCUT2D eigenvalue weighted by atomic mass is 9.90. The number of phenols is 1. The molecule has 196 valence electrons. The topological polar surface area (TPSA) is 122 Å². The van der Waals surface area contributed by atoms with E-state index in [0.29, 0.717) is 21.4 Å². The van der Waals surface area contributed by atoms with E-state index < -0.39 is 34.8 Å². The number of benzene rings is 3. The molecule has 0 radical (unpaired) electrons. The van der Waals surface area contributed by atoms with Crippen LogP contribution in [0.4, 0.5) is 17.1 Å². The number of nitro groups is 1. The molecule has 2 aliphatic rings. The third-order valence-corrected chi connectivity index (χ3v) is 7.31. The van der Waals surface area contributed by atoms with Crippen molar-refractivity contribution in [3.8, 4) is 11.5 Å². The molecule has 2 aliphatic heterocycles. The van der Waals surface area contributed by atoms with Gasteiger partial charge in [0, 0.05) is 12.1 Å². The summed E-state index contributed by atoms with van der Waals surface area (Å²) in [6, 6.07) is 15.3. The highest BCUT2D eigenvalue weighted by atomic mass is 79.9. The number of hydroxylamine groups is 1. The van der Waals surface area contributed by atoms with Gasteiger partial charge in [0.1, 0.15) is 5.92 Å². The van der Waals surface area contributed by atoms with Crippen molar-refractivity contribution in [2.75, 3.05) is 16.6 Å². The highest BCUT2D eigenvalue weighted by molar-refractivity contribution is 9.10. The number of nitro benzene ring substituents is 1. The van der Waals surface area contributed by atoms with Gasteiger partial charge in [-0.25, -0.2) is 9.96 Å². The van der Waals surface area contributed by atoms with Gasteiger partial charge in [0.2, 0.25) is 5.91 Å². The Kier molecular flexibility index (Phi) is 6.80. The number of phenolic OH excluding ortho intramolecular Hbond substituents is 1. The second-order valence-electron chi connectivity index (χ2n) is 8.91. The molecule has 0 saturated carbocycles. The Hall–Kier alpha value is -3.96. The number of fused-ring (bicyclic) bond motifs is 1. The highest BCUT2D eigenvalue weighted by Crippen LogP contribution is 2.50. The molecule has 3 aromatic carbocycles. The number of hydrogen-bond acceptors (Lipinski definition) is 8. The first-order chi connectivity index (χ1) is 18.2. The second-order valence-corrected chi connectivity index (χ2v) is 9.77. The van der Waals surface area contributed by atoms with Gasteiger partial charge in [-0.1, -0.05) is 25.1 Å². The van der Waals surface area contributed by atoms with Crippen LogP contribution in [0, 0.1) is 16.0 Å². The first-order valence-electron chi connectivity index (χ1n) is 12.1. The average molecular weight is 582 g/mol. The molecular formula is C27H24BrN3O7. The number of halogens is 1. The number of non-ortho nitro benzene ring substituents is 1. The van der Waals surface area contributed by atoms with Gasteiger partial charge in [0.15, 0.2) is 17.6 Å². The van der Waals surface area contributed by atoms with E-state index in [-0.39, 0.29) is 23.8 Å². The third-order valence-electron chi connectivity index (χ3n) is 6.71. The molecule has 2 amide bonds. The molecular weight excluding hydrogens is 558 g/mol. The van der Waals surface area contributed by atoms with Gasteiger partial charge in [-0.3, -0.25) is 24.5 Å². The van der Waals surface area contributed by atoms with Crippen LogP contribution in [0.25, 0.3) is 0 Å². The van der Waals surface area contributed by atoms with Crippen LogP contribution in [0.1, 0.15) is 31.0 Å². The minimum atomic E-state index is -1.15. The molecule has 2 fully saturated rings. The van der Waals surface area contributed by atoms with E-state index in [1.54, 1.807) is 37.3 Å². The van der Waals surface area contributed by atoms with E-state index in [2.05, 4.69) is 15.9 Å². The Labute approximate surface area is 226 Å². The van der Waals surface area contributed by atoms with Gasteiger partial charge >= 0.3 is 0 Å². The molecule has 1 N–H and O–H groups in total. The van der Waals surface area contributed by atoms with Crippen LogP contribution in [-0.2, 0) is 20.8 Å². The van der Waals surface area contributed by atoms with Crippen LogP contribution >= 0.6 is 15.9 Å². The summed E-state index contributed by atoms with van der Waals surface area (Å²) in [6.07, 6.45) is -0.338. The molecule has 38 heavy (non-hydrogen) atoms. The monoisotopic (exact) mass is 581 g/mol. The third kappa shape index (κ3) is 4.27. The number of imide groups is 1. The molecule has 0 aliphatic carbocycles. The summed E-state index contributed by atoms with van der Waals surface area (Å²) in [5.74, 6) is -1.87. The predicted octanol–water partition coefficient (Wildman–Crippen LogP) is 5.08. The Morgan fingerprint density at radius 1 is 1.05 bits per heavy atom. The second kappa shape index (κ2) is 10.1. The number of amides is 2. The number of carbonyl (C=O) groups excluding carboxylic acids is 2. The molecule has 3 aromatic rings. The van der Waals surface area contributed by atoms with Crippen molar-refractivity contribution in [2.24, 2.45) is 5.92 Å². The molecule has 5 rings (SSSR count). The van der Waals surface area contributed by atoms with Crippen LogP contribution in [0.3, 0.4) is 0 Å². The number of carbonyl (C=O) groups is 2. The number of aromatic hydroxyl groups is 1. The minimum absolute atomic E-state index is 0.112. The summed E-state index contributed by atoms with van der Waals surface area (Å²) in [6.45, 7) is 4.06. The zero-order chi connectivity index (χ0) is 27.1. The number of ether oxygens (including phenoxy) is 1. The standard InChI is InChI=1S/C27H24BrN3O7/c1-3-15-8-10-17(11-9-15)29-26(33)22-23(16-12-20(28)24(32)21(13-16)37-4-2)30(38-25(22)27(29)34)18-6-5-7-19(14-18)31(35)36/h5-14,22-23,25,32H,3-4H2,1-2H3/t22-,23-,25-/m0/s1.